The molecule has 9 nitrogen and oxygen atoms in total. The maximum atomic E-state index is 12.9. The smallest absolute Gasteiger partial charge is 0.407 e. The standard InChI is InChI=1S/C25H42IN3O6/c1-15(2)5-10-19-24(3,35-19)22-21(32-4)18(11-12-25(22)14-33-25)34-23(31)29-17-8-6-16(7-9-17)28-20(30)13-27-26/h5,16-22,27-28,30H,6-14H2,1-4H3,(H,29,31)/t16?,17?,18?,19-,20?,21?,22?,24+,25+/m1/s1. The summed E-state index contributed by atoms with van der Waals surface area (Å²) in [7, 11) is 1.69. The highest BCUT2D eigenvalue weighted by Crippen LogP contribution is 2.59. The van der Waals surface area contributed by atoms with Gasteiger partial charge in [0, 0.05) is 48.6 Å². The van der Waals surface area contributed by atoms with Crippen molar-refractivity contribution in [1.29, 1.82) is 0 Å². The summed E-state index contributed by atoms with van der Waals surface area (Å²) in [6, 6.07) is 0.339. The van der Waals surface area contributed by atoms with Crippen LogP contribution < -0.4 is 14.2 Å². The molecular formula is C25H42IN3O6. The summed E-state index contributed by atoms with van der Waals surface area (Å²) in [5, 5.41) is 16.2. The summed E-state index contributed by atoms with van der Waals surface area (Å²) in [4.78, 5) is 12.9. The van der Waals surface area contributed by atoms with Gasteiger partial charge in [0.25, 0.3) is 0 Å². The van der Waals surface area contributed by atoms with Gasteiger partial charge in [0.15, 0.2) is 0 Å². The summed E-state index contributed by atoms with van der Waals surface area (Å²) in [5.74, 6) is 0.0205. The summed E-state index contributed by atoms with van der Waals surface area (Å²) in [6.07, 6.45) is 6.74. The maximum absolute atomic E-state index is 12.9. The molecule has 0 aromatic rings. The lowest BCUT2D eigenvalue weighted by Crippen LogP contribution is -2.56. The molecule has 1 amide bonds. The molecule has 0 bridgehead atoms. The minimum Gasteiger partial charge on any atom is -0.443 e. The lowest BCUT2D eigenvalue weighted by molar-refractivity contribution is -0.118. The zero-order chi connectivity index (χ0) is 25.2. The van der Waals surface area contributed by atoms with E-state index in [1.165, 1.54) is 5.57 Å². The molecule has 200 valence electrons. The molecule has 2 aliphatic carbocycles. The first-order valence-corrected chi connectivity index (χ1v) is 14.0. The van der Waals surface area contributed by atoms with Crippen molar-refractivity contribution in [1.82, 2.24) is 14.2 Å². The van der Waals surface area contributed by atoms with E-state index in [0.717, 1.165) is 44.9 Å². The third-order valence-electron chi connectivity index (χ3n) is 8.24. The number of ether oxygens (including phenoxy) is 4. The molecule has 4 N–H and O–H groups in total. The summed E-state index contributed by atoms with van der Waals surface area (Å²) in [6.45, 7) is 7.56. The van der Waals surface area contributed by atoms with Gasteiger partial charge in [0.2, 0.25) is 0 Å². The van der Waals surface area contributed by atoms with Gasteiger partial charge in [-0.15, -0.1) is 0 Å². The van der Waals surface area contributed by atoms with Gasteiger partial charge >= 0.3 is 6.09 Å². The summed E-state index contributed by atoms with van der Waals surface area (Å²) in [5.41, 5.74) is 0.710. The number of hydrogen-bond donors (Lipinski definition) is 4. The number of hydrogen-bond acceptors (Lipinski definition) is 8. The van der Waals surface area contributed by atoms with Gasteiger partial charge in [-0.1, -0.05) is 11.6 Å². The molecule has 2 heterocycles. The van der Waals surface area contributed by atoms with Gasteiger partial charge < -0.3 is 29.4 Å². The van der Waals surface area contributed by atoms with Crippen molar-refractivity contribution in [3.8, 4) is 0 Å². The number of rotatable bonds is 10. The molecule has 4 rings (SSSR count). The van der Waals surface area contributed by atoms with Crippen LogP contribution in [0.2, 0.25) is 0 Å². The zero-order valence-corrected chi connectivity index (χ0v) is 23.5. The summed E-state index contributed by atoms with van der Waals surface area (Å²) < 4.78 is 27.1. The Bertz CT molecular complexity index is 768. The van der Waals surface area contributed by atoms with Crippen molar-refractivity contribution in [2.75, 3.05) is 20.3 Å². The number of epoxide rings is 2. The van der Waals surface area contributed by atoms with Crippen LogP contribution >= 0.6 is 22.9 Å². The van der Waals surface area contributed by atoms with Crippen LogP contribution in [0, 0.1) is 5.92 Å². The molecule has 35 heavy (non-hydrogen) atoms. The van der Waals surface area contributed by atoms with E-state index in [1.807, 2.05) is 22.9 Å². The first-order valence-electron chi connectivity index (χ1n) is 12.9. The third kappa shape index (κ3) is 6.50. The van der Waals surface area contributed by atoms with E-state index in [2.05, 4.69) is 41.0 Å². The Balaban J connectivity index is 1.30. The van der Waals surface area contributed by atoms with Crippen LogP contribution in [-0.4, -0.2) is 79.3 Å². The minimum atomic E-state index is -0.561. The Labute approximate surface area is 222 Å². The lowest BCUT2D eigenvalue weighted by Gasteiger charge is -2.42. The van der Waals surface area contributed by atoms with Crippen LogP contribution in [0.5, 0.6) is 0 Å². The molecule has 4 unspecified atom stereocenters. The number of alkyl carbamates (subject to hydrolysis) is 1. The van der Waals surface area contributed by atoms with Crippen molar-refractivity contribution >= 4 is 29.0 Å². The Hall–Kier alpha value is -0.500. The SMILES string of the molecule is COC1C(OC(=O)NC2CCC(NC(O)CNI)CC2)CC[C@]2(CO2)C1[C@@]1(C)O[C@@H]1CC=C(C)C. The van der Waals surface area contributed by atoms with E-state index >= 15 is 0 Å². The Morgan fingerprint density at radius 2 is 1.91 bits per heavy atom. The highest BCUT2D eigenvalue weighted by Gasteiger charge is 2.72. The monoisotopic (exact) mass is 607 g/mol. The van der Waals surface area contributed by atoms with Crippen LogP contribution in [-0.2, 0) is 18.9 Å². The normalized spacial score (nSPS) is 41.2. The predicted molar refractivity (Wildman–Crippen MR) is 140 cm³/mol. The van der Waals surface area contributed by atoms with Crippen LogP contribution in [0.1, 0.15) is 65.7 Å². The Morgan fingerprint density at radius 1 is 1.23 bits per heavy atom. The van der Waals surface area contributed by atoms with E-state index in [-0.39, 0.29) is 53.6 Å². The molecule has 2 saturated carbocycles. The molecule has 10 heteroatoms. The largest absolute Gasteiger partial charge is 0.443 e. The third-order valence-corrected chi connectivity index (χ3v) is 8.68. The van der Waals surface area contributed by atoms with Crippen molar-refractivity contribution in [3.63, 3.8) is 0 Å². The first-order chi connectivity index (χ1) is 16.7. The molecule has 7 atom stereocenters. The highest BCUT2D eigenvalue weighted by atomic mass is 127. The molecule has 4 aliphatic rings. The van der Waals surface area contributed by atoms with Crippen LogP contribution in [0.15, 0.2) is 11.6 Å². The van der Waals surface area contributed by atoms with E-state index in [0.29, 0.717) is 13.2 Å². The molecule has 0 radical (unpaired) electrons. The molecule has 0 aromatic carbocycles. The number of carbonyl (C=O) groups excluding carboxylic acids is 1. The molecule has 1 spiro atoms. The fourth-order valence-electron chi connectivity index (χ4n) is 6.22. The van der Waals surface area contributed by atoms with Crippen LogP contribution in [0.25, 0.3) is 0 Å². The second-order valence-corrected chi connectivity index (χ2v) is 11.8. The average molecular weight is 608 g/mol. The highest BCUT2D eigenvalue weighted by molar-refractivity contribution is 14.1. The topological polar surface area (TPSA) is 117 Å². The van der Waals surface area contributed by atoms with Crippen molar-refractivity contribution in [2.45, 2.75) is 114 Å². The number of aliphatic hydroxyl groups is 1. The number of aliphatic hydroxyl groups excluding tert-OH is 1. The van der Waals surface area contributed by atoms with Crippen molar-refractivity contribution in [2.24, 2.45) is 5.92 Å². The van der Waals surface area contributed by atoms with E-state index in [4.69, 9.17) is 18.9 Å². The number of amides is 1. The minimum absolute atomic E-state index is 0.0205. The van der Waals surface area contributed by atoms with Gasteiger partial charge in [-0.05, 0) is 65.7 Å². The fraction of sp³-hybridized carbons (Fsp3) is 0.880. The second-order valence-electron chi connectivity index (χ2n) is 11.0. The van der Waals surface area contributed by atoms with Crippen LogP contribution in [0.3, 0.4) is 0 Å². The second kappa shape index (κ2) is 11.5. The maximum Gasteiger partial charge on any atom is 0.407 e. The van der Waals surface area contributed by atoms with Crippen molar-refractivity contribution in [3.05, 3.63) is 11.6 Å². The Kier molecular flexibility index (Phi) is 9.04. The number of halogens is 1. The van der Waals surface area contributed by atoms with E-state index in [1.54, 1.807) is 7.11 Å². The average Bonchev–Trinajstić information content (AvgIpc) is 3.72. The summed E-state index contributed by atoms with van der Waals surface area (Å²) >= 11 is 2.02. The molecule has 2 aliphatic heterocycles. The number of nitrogens with one attached hydrogen (secondary N) is 3. The predicted octanol–water partition coefficient (Wildman–Crippen LogP) is 2.95. The molecule has 0 aromatic heterocycles. The number of carbonyl (C=O) groups is 1. The number of allylic oxidation sites excluding steroid dienone is 1. The van der Waals surface area contributed by atoms with Gasteiger partial charge in [-0.2, -0.15) is 0 Å². The van der Waals surface area contributed by atoms with Crippen LogP contribution in [0.4, 0.5) is 4.79 Å². The zero-order valence-electron chi connectivity index (χ0n) is 21.3. The molecular weight excluding hydrogens is 565 g/mol. The lowest BCUT2D eigenvalue weighted by atomic mass is 9.68. The van der Waals surface area contributed by atoms with E-state index < -0.39 is 6.23 Å². The Morgan fingerprint density at radius 3 is 2.51 bits per heavy atom. The fourth-order valence-corrected chi connectivity index (χ4v) is 6.63. The molecule has 4 fully saturated rings. The van der Waals surface area contributed by atoms with Gasteiger partial charge in [0.05, 0.1) is 18.6 Å². The van der Waals surface area contributed by atoms with E-state index in [9.17, 15) is 9.90 Å². The number of methoxy groups -OCH3 is 1. The first kappa shape index (κ1) is 27.5. The van der Waals surface area contributed by atoms with Gasteiger partial charge in [-0.3, -0.25) is 8.85 Å². The van der Waals surface area contributed by atoms with Gasteiger partial charge in [-0.25, -0.2) is 4.79 Å². The molecule has 2 saturated heterocycles. The quantitative estimate of drug-likeness (QED) is 0.0986. The van der Waals surface area contributed by atoms with Crippen molar-refractivity contribution < 1.29 is 28.8 Å². The van der Waals surface area contributed by atoms with Gasteiger partial charge in [0.1, 0.15) is 29.6 Å².